The van der Waals surface area contributed by atoms with Gasteiger partial charge in [0.05, 0.1) is 18.7 Å². The van der Waals surface area contributed by atoms with Crippen LogP contribution in [0.1, 0.15) is 23.2 Å². The van der Waals surface area contributed by atoms with Crippen molar-refractivity contribution in [2.75, 3.05) is 20.8 Å². The minimum Gasteiger partial charge on any atom is -0.496 e. The van der Waals surface area contributed by atoms with Gasteiger partial charge in [-0.05, 0) is 47.0 Å². The number of likely N-dealkylation sites (tertiary alicyclic amines) is 1. The zero-order valence-corrected chi connectivity index (χ0v) is 13.0. The minimum atomic E-state index is -0.478. The fraction of sp³-hybridized carbons (Fsp3) is 0.429. The molecule has 1 saturated heterocycles. The van der Waals surface area contributed by atoms with Gasteiger partial charge in [-0.1, -0.05) is 0 Å². The highest BCUT2D eigenvalue weighted by atomic mass is 79.9. The molecule has 0 radical (unpaired) electrons. The van der Waals surface area contributed by atoms with Gasteiger partial charge in [0.2, 0.25) is 0 Å². The maximum absolute atomic E-state index is 12.5. The summed E-state index contributed by atoms with van der Waals surface area (Å²) in [6.07, 6.45) is 1.46. The predicted molar refractivity (Wildman–Crippen MR) is 76.8 cm³/mol. The fourth-order valence-corrected chi connectivity index (χ4v) is 2.90. The van der Waals surface area contributed by atoms with Crippen molar-refractivity contribution >= 4 is 27.8 Å². The van der Waals surface area contributed by atoms with Crippen molar-refractivity contribution in [3.63, 3.8) is 0 Å². The molecule has 1 aliphatic heterocycles. The molecule has 2 rings (SSSR count). The molecule has 0 saturated carbocycles. The number of hydrogen-bond acceptors (Lipinski definition) is 4. The van der Waals surface area contributed by atoms with Crippen molar-refractivity contribution in [1.82, 2.24) is 4.90 Å². The van der Waals surface area contributed by atoms with Crippen LogP contribution in [-0.4, -0.2) is 43.6 Å². The highest BCUT2D eigenvalue weighted by molar-refractivity contribution is 9.10. The topological polar surface area (TPSA) is 55.8 Å². The molecular formula is C14H16BrNO4. The number of ether oxygens (including phenoxy) is 2. The van der Waals surface area contributed by atoms with E-state index < -0.39 is 6.04 Å². The van der Waals surface area contributed by atoms with Crippen LogP contribution in [0.3, 0.4) is 0 Å². The van der Waals surface area contributed by atoms with E-state index in [4.69, 9.17) is 9.47 Å². The van der Waals surface area contributed by atoms with E-state index in [1.165, 1.54) is 7.11 Å². The van der Waals surface area contributed by atoms with Crippen molar-refractivity contribution in [2.24, 2.45) is 0 Å². The van der Waals surface area contributed by atoms with Gasteiger partial charge in [-0.3, -0.25) is 4.79 Å². The lowest BCUT2D eigenvalue weighted by Gasteiger charge is -2.22. The van der Waals surface area contributed by atoms with E-state index in [1.807, 2.05) is 0 Å². The van der Waals surface area contributed by atoms with Gasteiger partial charge >= 0.3 is 5.97 Å². The number of methoxy groups -OCH3 is 2. The molecule has 1 amide bonds. The maximum atomic E-state index is 12.5. The van der Waals surface area contributed by atoms with Gasteiger partial charge in [-0.25, -0.2) is 4.79 Å². The molecule has 0 unspecified atom stereocenters. The Morgan fingerprint density at radius 1 is 1.35 bits per heavy atom. The highest BCUT2D eigenvalue weighted by Crippen LogP contribution is 2.28. The Labute approximate surface area is 126 Å². The number of carbonyl (C=O) groups is 2. The number of rotatable bonds is 3. The predicted octanol–water partition coefficient (Wildman–Crippen LogP) is 2.24. The summed E-state index contributed by atoms with van der Waals surface area (Å²) >= 11 is 3.35. The lowest BCUT2D eigenvalue weighted by molar-refractivity contribution is -0.145. The minimum absolute atomic E-state index is 0.166. The van der Waals surface area contributed by atoms with Crippen LogP contribution in [0.25, 0.3) is 0 Å². The number of carbonyl (C=O) groups excluding carboxylic acids is 2. The van der Waals surface area contributed by atoms with Crippen molar-refractivity contribution in [3.05, 3.63) is 28.2 Å². The van der Waals surface area contributed by atoms with Crippen molar-refractivity contribution in [1.29, 1.82) is 0 Å². The van der Waals surface area contributed by atoms with Gasteiger partial charge in [0.25, 0.3) is 5.91 Å². The molecular weight excluding hydrogens is 326 g/mol. The molecule has 0 aliphatic carbocycles. The Morgan fingerprint density at radius 2 is 2.10 bits per heavy atom. The van der Waals surface area contributed by atoms with E-state index in [2.05, 4.69) is 15.9 Å². The Bertz CT molecular complexity index is 532. The summed E-state index contributed by atoms with van der Waals surface area (Å²) in [6, 6.07) is 4.64. The summed E-state index contributed by atoms with van der Waals surface area (Å²) in [6.45, 7) is 0.572. The first-order valence-electron chi connectivity index (χ1n) is 6.30. The lowest BCUT2D eigenvalue weighted by atomic mass is 10.1. The van der Waals surface area contributed by atoms with E-state index in [-0.39, 0.29) is 11.9 Å². The summed E-state index contributed by atoms with van der Waals surface area (Å²) in [5, 5.41) is 0. The van der Waals surface area contributed by atoms with E-state index in [9.17, 15) is 9.59 Å². The molecule has 0 aromatic heterocycles. The summed E-state index contributed by atoms with van der Waals surface area (Å²) in [5.41, 5.74) is 0.522. The second-order valence-corrected chi connectivity index (χ2v) is 5.38. The highest BCUT2D eigenvalue weighted by Gasteiger charge is 2.35. The molecule has 5 nitrogen and oxygen atoms in total. The molecule has 1 aromatic carbocycles. The standard InChI is InChI=1S/C14H16BrNO4/c1-19-12-6-5-9(8-10(12)15)13(17)16-7-3-4-11(16)14(18)20-2/h5-6,8,11H,3-4,7H2,1-2H3/t11-/m0/s1. The van der Waals surface area contributed by atoms with Gasteiger partial charge in [-0.2, -0.15) is 0 Å². The summed E-state index contributed by atoms with van der Waals surface area (Å²) < 4.78 is 10.6. The Hall–Kier alpha value is -1.56. The van der Waals surface area contributed by atoms with Crippen LogP contribution in [0, 0.1) is 0 Å². The van der Waals surface area contributed by atoms with Crippen LogP contribution in [0.5, 0.6) is 5.75 Å². The van der Waals surface area contributed by atoms with Crippen LogP contribution >= 0.6 is 15.9 Å². The number of esters is 1. The van der Waals surface area contributed by atoms with Crippen molar-refractivity contribution in [3.8, 4) is 5.75 Å². The van der Waals surface area contributed by atoms with Gasteiger partial charge < -0.3 is 14.4 Å². The quantitative estimate of drug-likeness (QED) is 0.791. The van der Waals surface area contributed by atoms with E-state index in [0.717, 1.165) is 6.42 Å². The van der Waals surface area contributed by atoms with Crippen LogP contribution in [0.2, 0.25) is 0 Å². The SMILES string of the molecule is COC(=O)[C@@H]1CCCN1C(=O)c1ccc(OC)c(Br)c1. The first kappa shape index (κ1) is 14.8. The summed E-state index contributed by atoms with van der Waals surface area (Å²) in [5.74, 6) is 0.136. The zero-order chi connectivity index (χ0) is 14.7. The van der Waals surface area contributed by atoms with Crippen LogP contribution in [0.4, 0.5) is 0 Å². The Balaban J connectivity index is 2.22. The van der Waals surface area contributed by atoms with Gasteiger partial charge in [0, 0.05) is 12.1 Å². The van der Waals surface area contributed by atoms with Crippen LogP contribution in [0.15, 0.2) is 22.7 Å². The zero-order valence-electron chi connectivity index (χ0n) is 11.4. The fourth-order valence-electron chi connectivity index (χ4n) is 2.36. The largest absolute Gasteiger partial charge is 0.496 e. The van der Waals surface area contributed by atoms with Crippen molar-refractivity contribution < 1.29 is 19.1 Å². The molecule has 1 fully saturated rings. The molecule has 20 heavy (non-hydrogen) atoms. The molecule has 0 N–H and O–H groups in total. The van der Waals surface area contributed by atoms with Gasteiger partial charge in [0.15, 0.2) is 0 Å². The molecule has 108 valence electrons. The van der Waals surface area contributed by atoms with Crippen LogP contribution < -0.4 is 4.74 Å². The maximum Gasteiger partial charge on any atom is 0.328 e. The lowest BCUT2D eigenvalue weighted by Crippen LogP contribution is -2.41. The molecule has 1 atom stereocenters. The normalized spacial score (nSPS) is 17.9. The molecule has 1 heterocycles. The van der Waals surface area contributed by atoms with Crippen LogP contribution in [-0.2, 0) is 9.53 Å². The first-order valence-corrected chi connectivity index (χ1v) is 7.10. The molecule has 0 spiro atoms. The monoisotopic (exact) mass is 341 g/mol. The van der Waals surface area contributed by atoms with E-state index >= 15 is 0 Å². The molecule has 1 aliphatic rings. The summed E-state index contributed by atoms with van der Waals surface area (Å²) in [4.78, 5) is 25.7. The number of amides is 1. The number of halogens is 1. The van der Waals surface area contributed by atoms with Gasteiger partial charge in [0.1, 0.15) is 11.8 Å². The number of hydrogen-bond donors (Lipinski definition) is 0. The van der Waals surface area contributed by atoms with E-state index in [0.29, 0.717) is 28.8 Å². The molecule has 0 bridgehead atoms. The Kier molecular flexibility index (Phi) is 4.65. The smallest absolute Gasteiger partial charge is 0.328 e. The average molecular weight is 342 g/mol. The molecule has 1 aromatic rings. The first-order chi connectivity index (χ1) is 9.58. The molecule has 6 heteroatoms. The van der Waals surface area contributed by atoms with E-state index in [1.54, 1.807) is 30.2 Å². The summed E-state index contributed by atoms with van der Waals surface area (Å²) in [7, 11) is 2.91. The third kappa shape index (κ3) is 2.80. The third-order valence-corrected chi connectivity index (χ3v) is 4.01. The van der Waals surface area contributed by atoms with Gasteiger partial charge in [-0.15, -0.1) is 0 Å². The third-order valence-electron chi connectivity index (χ3n) is 3.39. The number of nitrogens with zero attached hydrogens (tertiary/aromatic N) is 1. The average Bonchev–Trinajstić information content (AvgIpc) is 2.94. The number of benzene rings is 1. The Morgan fingerprint density at radius 3 is 2.70 bits per heavy atom. The van der Waals surface area contributed by atoms with Crippen molar-refractivity contribution in [2.45, 2.75) is 18.9 Å². The second kappa shape index (κ2) is 6.26. The second-order valence-electron chi connectivity index (χ2n) is 4.53.